The third-order valence-electron chi connectivity index (χ3n) is 2.46. The van der Waals surface area contributed by atoms with Crippen LogP contribution in [0.3, 0.4) is 0 Å². The number of aromatic nitrogens is 3. The van der Waals surface area contributed by atoms with Gasteiger partial charge < -0.3 is 9.59 Å². The van der Waals surface area contributed by atoms with Crippen molar-refractivity contribution in [3.05, 3.63) is 12.7 Å². The highest BCUT2D eigenvalue weighted by Crippen LogP contribution is 2.13. The second-order valence-corrected chi connectivity index (χ2v) is 3.60. The molecule has 0 aliphatic carbocycles. The third-order valence-corrected chi connectivity index (χ3v) is 2.46. The van der Waals surface area contributed by atoms with Crippen LogP contribution in [0.4, 0.5) is 0 Å². The summed E-state index contributed by atoms with van der Waals surface area (Å²) in [6.45, 7) is 2.50. The van der Waals surface area contributed by atoms with Crippen molar-refractivity contribution in [1.29, 1.82) is 0 Å². The Morgan fingerprint density at radius 3 is 2.73 bits per heavy atom. The van der Waals surface area contributed by atoms with Crippen LogP contribution in [0.1, 0.15) is 19.8 Å². The molecule has 0 N–H and O–H groups in total. The van der Waals surface area contributed by atoms with E-state index in [0.717, 1.165) is 25.5 Å². The van der Waals surface area contributed by atoms with Crippen LogP contribution in [0.5, 0.6) is 0 Å². The van der Waals surface area contributed by atoms with Gasteiger partial charge in [0.05, 0.1) is 0 Å². The molecular weight excluding hydrogens is 194 g/mol. The molecule has 1 aromatic rings. The third kappa shape index (κ3) is 3.61. The molecule has 0 saturated heterocycles. The molecule has 0 aliphatic rings. The number of aldehydes is 2. The first-order chi connectivity index (χ1) is 7.27. The number of nitrogens with zero attached hydrogens (tertiary/aromatic N) is 3. The highest BCUT2D eigenvalue weighted by Gasteiger charge is 2.15. The predicted molar refractivity (Wildman–Crippen MR) is 54.0 cm³/mol. The molecule has 0 spiro atoms. The van der Waals surface area contributed by atoms with Gasteiger partial charge in [0.1, 0.15) is 25.2 Å². The Kier molecular flexibility index (Phi) is 4.66. The van der Waals surface area contributed by atoms with E-state index in [2.05, 4.69) is 10.1 Å². The first-order valence-corrected chi connectivity index (χ1v) is 5.01. The standard InChI is InChI=1S/C10H15N3O2/c1-9(5-14)10(6-15)3-2-4-13-8-11-7-12-13/h5-10H,2-4H2,1H3. The lowest BCUT2D eigenvalue weighted by Gasteiger charge is -2.12. The van der Waals surface area contributed by atoms with Crippen LogP contribution < -0.4 is 0 Å². The maximum absolute atomic E-state index is 10.7. The molecule has 5 nitrogen and oxygen atoms in total. The minimum atomic E-state index is -0.196. The Balaban J connectivity index is 2.28. The zero-order valence-corrected chi connectivity index (χ0v) is 8.74. The SMILES string of the molecule is CC(C=O)C(C=O)CCCn1cncn1. The first kappa shape index (κ1) is 11.6. The molecule has 15 heavy (non-hydrogen) atoms. The zero-order valence-electron chi connectivity index (χ0n) is 8.74. The van der Waals surface area contributed by atoms with Gasteiger partial charge in [-0.05, 0) is 12.8 Å². The van der Waals surface area contributed by atoms with Gasteiger partial charge in [0, 0.05) is 18.4 Å². The number of carbonyl (C=O) groups is 2. The van der Waals surface area contributed by atoms with Gasteiger partial charge in [-0.1, -0.05) is 6.92 Å². The first-order valence-electron chi connectivity index (χ1n) is 5.01. The van der Waals surface area contributed by atoms with Gasteiger partial charge in [-0.3, -0.25) is 4.68 Å². The summed E-state index contributed by atoms with van der Waals surface area (Å²) in [5.41, 5.74) is 0. The average molecular weight is 209 g/mol. The lowest BCUT2D eigenvalue weighted by atomic mass is 9.92. The average Bonchev–Trinajstić information content (AvgIpc) is 2.76. The molecule has 0 fully saturated rings. The van der Waals surface area contributed by atoms with Crippen LogP contribution in [0.15, 0.2) is 12.7 Å². The molecular formula is C10H15N3O2. The fourth-order valence-corrected chi connectivity index (χ4v) is 1.39. The Hall–Kier alpha value is -1.52. The zero-order chi connectivity index (χ0) is 11.1. The predicted octanol–water partition coefficient (Wildman–Crippen LogP) is 0.708. The fourth-order valence-electron chi connectivity index (χ4n) is 1.39. The molecule has 82 valence electrons. The van der Waals surface area contributed by atoms with Crippen molar-refractivity contribution in [2.45, 2.75) is 26.3 Å². The molecule has 0 amide bonds. The van der Waals surface area contributed by atoms with Crippen LogP contribution in [0.2, 0.25) is 0 Å². The Labute approximate surface area is 88.5 Å². The summed E-state index contributed by atoms with van der Waals surface area (Å²) >= 11 is 0. The number of rotatable bonds is 7. The van der Waals surface area contributed by atoms with Crippen LogP contribution in [0.25, 0.3) is 0 Å². The smallest absolute Gasteiger partial charge is 0.137 e. The van der Waals surface area contributed by atoms with E-state index >= 15 is 0 Å². The highest BCUT2D eigenvalue weighted by molar-refractivity contribution is 5.64. The molecule has 0 aliphatic heterocycles. The van der Waals surface area contributed by atoms with Crippen LogP contribution >= 0.6 is 0 Å². The molecule has 0 radical (unpaired) electrons. The Morgan fingerprint density at radius 1 is 1.40 bits per heavy atom. The van der Waals surface area contributed by atoms with Gasteiger partial charge >= 0.3 is 0 Å². The van der Waals surface area contributed by atoms with E-state index in [4.69, 9.17) is 0 Å². The largest absolute Gasteiger partial charge is 0.303 e. The maximum atomic E-state index is 10.7. The molecule has 2 unspecified atom stereocenters. The van der Waals surface area contributed by atoms with Gasteiger partial charge in [-0.25, -0.2) is 4.98 Å². The lowest BCUT2D eigenvalue weighted by Crippen LogP contribution is -2.15. The summed E-state index contributed by atoms with van der Waals surface area (Å²) < 4.78 is 1.72. The van der Waals surface area contributed by atoms with Gasteiger partial charge in [0.25, 0.3) is 0 Å². The molecule has 0 aromatic carbocycles. The maximum Gasteiger partial charge on any atom is 0.137 e. The van der Waals surface area contributed by atoms with E-state index in [0.29, 0.717) is 6.42 Å². The highest BCUT2D eigenvalue weighted by atomic mass is 16.1. The van der Waals surface area contributed by atoms with Gasteiger partial charge in [0.15, 0.2) is 0 Å². The number of hydrogen-bond donors (Lipinski definition) is 0. The van der Waals surface area contributed by atoms with E-state index in [1.807, 2.05) is 0 Å². The summed E-state index contributed by atoms with van der Waals surface area (Å²) in [6, 6.07) is 0. The van der Waals surface area contributed by atoms with Gasteiger partial charge in [-0.15, -0.1) is 0 Å². The molecule has 1 rings (SSSR count). The fraction of sp³-hybridized carbons (Fsp3) is 0.600. The molecule has 1 aromatic heterocycles. The van der Waals surface area contributed by atoms with Crippen molar-refractivity contribution >= 4 is 12.6 Å². The summed E-state index contributed by atoms with van der Waals surface area (Å²) in [7, 11) is 0. The Bertz CT molecular complexity index is 298. The van der Waals surface area contributed by atoms with Crippen LogP contribution in [-0.2, 0) is 16.1 Å². The van der Waals surface area contributed by atoms with Gasteiger partial charge in [-0.2, -0.15) is 5.10 Å². The molecule has 1 heterocycles. The van der Waals surface area contributed by atoms with Crippen molar-refractivity contribution in [2.24, 2.45) is 11.8 Å². The number of hydrogen-bond acceptors (Lipinski definition) is 4. The van der Waals surface area contributed by atoms with E-state index in [9.17, 15) is 9.59 Å². The number of aryl methyl sites for hydroxylation is 1. The van der Waals surface area contributed by atoms with Crippen molar-refractivity contribution < 1.29 is 9.59 Å². The van der Waals surface area contributed by atoms with Crippen molar-refractivity contribution in [2.75, 3.05) is 0 Å². The minimum absolute atomic E-state index is 0.175. The summed E-state index contributed by atoms with van der Waals surface area (Å²) in [5.74, 6) is -0.371. The monoisotopic (exact) mass is 209 g/mol. The topological polar surface area (TPSA) is 64.8 Å². The van der Waals surface area contributed by atoms with Gasteiger partial charge in [0.2, 0.25) is 0 Å². The lowest BCUT2D eigenvalue weighted by molar-refractivity contribution is -0.119. The van der Waals surface area contributed by atoms with Crippen molar-refractivity contribution in [1.82, 2.24) is 14.8 Å². The second-order valence-electron chi connectivity index (χ2n) is 3.60. The van der Waals surface area contributed by atoms with Crippen LogP contribution in [0, 0.1) is 11.8 Å². The number of carbonyl (C=O) groups excluding carboxylic acids is 2. The van der Waals surface area contributed by atoms with Crippen molar-refractivity contribution in [3.63, 3.8) is 0 Å². The second kappa shape index (κ2) is 6.06. The quantitative estimate of drug-likeness (QED) is 0.620. The van der Waals surface area contributed by atoms with E-state index in [1.54, 1.807) is 17.9 Å². The van der Waals surface area contributed by atoms with E-state index < -0.39 is 0 Å². The van der Waals surface area contributed by atoms with E-state index in [1.165, 1.54) is 6.33 Å². The normalized spacial score (nSPS) is 14.5. The summed E-state index contributed by atoms with van der Waals surface area (Å²) in [6.07, 6.45) is 6.34. The molecule has 0 bridgehead atoms. The van der Waals surface area contributed by atoms with E-state index in [-0.39, 0.29) is 11.8 Å². The molecule has 0 saturated carbocycles. The molecule has 5 heteroatoms. The van der Waals surface area contributed by atoms with Crippen molar-refractivity contribution in [3.8, 4) is 0 Å². The summed E-state index contributed by atoms with van der Waals surface area (Å²) in [4.78, 5) is 25.0. The minimum Gasteiger partial charge on any atom is -0.303 e. The van der Waals surface area contributed by atoms with Crippen LogP contribution in [-0.4, -0.2) is 27.3 Å². The Morgan fingerprint density at radius 2 is 2.20 bits per heavy atom. The summed E-state index contributed by atoms with van der Waals surface area (Å²) in [5, 5.41) is 3.95. The molecule has 2 atom stereocenters.